The Morgan fingerprint density at radius 1 is 1.29 bits per heavy atom. The maximum atomic E-state index is 11.7. The molecule has 4 N–H and O–H groups in total. The number of amides is 3. The number of carboxylic acid groups (broad SMARTS) is 1. The Balaban J connectivity index is 4.20. The van der Waals surface area contributed by atoms with Crippen LogP contribution in [0.2, 0.25) is 0 Å². The van der Waals surface area contributed by atoms with E-state index in [1.807, 2.05) is 6.26 Å². The van der Waals surface area contributed by atoms with E-state index in [9.17, 15) is 14.4 Å². The number of carboxylic acids is 1. The number of methoxy groups -OCH3 is 1. The molecule has 0 bridgehead atoms. The molecule has 0 aliphatic heterocycles. The Labute approximate surface area is 128 Å². The van der Waals surface area contributed by atoms with Gasteiger partial charge in [0.15, 0.2) is 0 Å². The summed E-state index contributed by atoms with van der Waals surface area (Å²) in [6.45, 7) is 2.23. The second-order valence-electron chi connectivity index (χ2n) is 4.30. The van der Waals surface area contributed by atoms with Gasteiger partial charge in [-0.05, 0) is 25.4 Å². The maximum Gasteiger partial charge on any atom is 0.326 e. The molecule has 0 rings (SSSR count). The summed E-state index contributed by atoms with van der Waals surface area (Å²) in [6, 6.07) is -2.42. The van der Waals surface area contributed by atoms with Crippen molar-refractivity contribution in [3.8, 4) is 0 Å². The fourth-order valence-electron chi connectivity index (χ4n) is 1.38. The average molecular weight is 321 g/mol. The third-order valence-electron chi connectivity index (χ3n) is 2.56. The van der Waals surface area contributed by atoms with Crippen molar-refractivity contribution in [2.24, 2.45) is 0 Å². The molecule has 0 heterocycles. The predicted octanol–water partition coefficient (Wildman–Crippen LogP) is -0.357. The lowest BCUT2D eigenvalue weighted by atomic mass is 10.2. The first-order valence-electron chi connectivity index (χ1n) is 6.47. The zero-order valence-electron chi connectivity index (χ0n) is 12.5. The van der Waals surface area contributed by atoms with Crippen molar-refractivity contribution >= 4 is 29.7 Å². The molecule has 0 aliphatic carbocycles. The SMILES string of the molecule is COCCNC(=O)C(C)NC(=O)N[C@H](CCSC)C(=O)O. The van der Waals surface area contributed by atoms with Crippen molar-refractivity contribution in [1.29, 1.82) is 0 Å². The Kier molecular flexibility index (Phi) is 10.4. The minimum absolute atomic E-state index is 0.318. The van der Waals surface area contributed by atoms with Crippen molar-refractivity contribution in [2.45, 2.75) is 25.4 Å². The van der Waals surface area contributed by atoms with Crippen LogP contribution in [0.1, 0.15) is 13.3 Å². The Hall–Kier alpha value is -1.48. The molecular weight excluding hydrogens is 298 g/mol. The second kappa shape index (κ2) is 11.2. The number of urea groups is 1. The van der Waals surface area contributed by atoms with E-state index >= 15 is 0 Å². The zero-order valence-corrected chi connectivity index (χ0v) is 13.3. The molecule has 1 unspecified atom stereocenters. The van der Waals surface area contributed by atoms with Gasteiger partial charge in [0.25, 0.3) is 0 Å². The summed E-state index contributed by atoms with van der Waals surface area (Å²) in [4.78, 5) is 34.3. The molecule has 9 heteroatoms. The van der Waals surface area contributed by atoms with Gasteiger partial charge in [0.05, 0.1) is 6.61 Å². The van der Waals surface area contributed by atoms with Crippen molar-refractivity contribution < 1.29 is 24.2 Å². The van der Waals surface area contributed by atoms with Gasteiger partial charge in [0.2, 0.25) is 5.91 Å². The van der Waals surface area contributed by atoms with Gasteiger partial charge in [-0.2, -0.15) is 11.8 Å². The first-order chi connectivity index (χ1) is 9.92. The lowest BCUT2D eigenvalue weighted by Gasteiger charge is -2.18. The normalized spacial score (nSPS) is 13.1. The highest BCUT2D eigenvalue weighted by molar-refractivity contribution is 7.98. The highest BCUT2D eigenvalue weighted by atomic mass is 32.2. The topological polar surface area (TPSA) is 117 Å². The van der Waals surface area contributed by atoms with Gasteiger partial charge in [-0.15, -0.1) is 0 Å². The number of carbonyl (C=O) groups is 3. The van der Waals surface area contributed by atoms with Crippen LogP contribution in [0.25, 0.3) is 0 Å². The highest BCUT2D eigenvalue weighted by Gasteiger charge is 2.21. The molecular formula is C12H23N3O5S. The van der Waals surface area contributed by atoms with Crippen LogP contribution in [0.4, 0.5) is 4.79 Å². The standard InChI is InChI=1S/C12H23N3O5S/c1-8(10(16)13-5-6-20-2)14-12(19)15-9(11(17)18)4-7-21-3/h8-9H,4-7H2,1-3H3,(H,13,16)(H,17,18)(H2,14,15,19)/t8?,9-/m1/s1. The Morgan fingerprint density at radius 3 is 2.48 bits per heavy atom. The molecule has 122 valence electrons. The summed E-state index contributed by atoms with van der Waals surface area (Å²) in [6.07, 6.45) is 2.17. The summed E-state index contributed by atoms with van der Waals surface area (Å²) in [7, 11) is 1.52. The smallest absolute Gasteiger partial charge is 0.326 e. The number of aliphatic carboxylic acids is 1. The third-order valence-corrected chi connectivity index (χ3v) is 3.20. The van der Waals surface area contributed by atoms with Crippen LogP contribution in [-0.2, 0) is 14.3 Å². The number of hydrogen-bond acceptors (Lipinski definition) is 5. The molecule has 0 saturated heterocycles. The number of nitrogens with one attached hydrogen (secondary N) is 3. The quantitative estimate of drug-likeness (QED) is 0.408. The fraction of sp³-hybridized carbons (Fsp3) is 0.750. The first kappa shape index (κ1) is 19.5. The number of thioether (sulfide) groups is 1. The summed E-state index contributed by atoms with van der Waals surface area (Å²) in [5.74, 6) is -0.848. The molecule has 0 spiro atoms. The van der Waals surface area contributed by atoms with Gasteiger partial charge in [-0.3, -0.25) is 4.79 Å². The molecule has 0 fully saturated rings. The summed E-state index contributed by atoms with van der Waals surface area (Å²) >= 11 is 1.49. The van der Waals surface area contributed by atoms with Crippen LogP contribution >= 0.6 is 11.8 Å². The van der Waals surface area contributed by atoms with Crippen molar-refractivity contribution in [1.82, 2.24) is 16.0 Å². The largest absolute Gasteiger partial charge is 0.480 e. The van der Waals surface area contributed by atoms with Crippen LogP contribution in [0.5, 0.6) is 0 Å². The lowest BCUT2D eigenvalue weighted by Crippen LogP contribution is -2.52. The van der Waals surface area contributed by atoms with Crippen molar-refractivity contribution in [3.63, 3.8) is 0 Å². The van der Waals surface area contributed by atoms with Crippen molar-refractivity contribution in [3.05, 3.63) is 0 Å². The second-order valence-corrected chi connectivity index (χ2v) is 5.28. The monoisotopic (exact) mass is 321 g/mol. The van der Waals surface area contributed by atoms with E-state index in [0.717, 1.165) is 0 Å². The summed E-state index contributed by atoms with van der Waals surface area (Å²) in [5.41, 5.74) is 0. The van der Waals surface area contributed by atoms with Crippen LogP contribution in [0.3, 0.4) is 0 Å². The lowest BCUT2D eigenvalue weighted by molar-refractivity contribution is -0.139. The number of carbonyl (C=O) groups excluding carboxylic acids is 2. The van der Waals surface area contributed by atoms with Gasteiger partial charge in [-0.25, -0.2) is 9.59 Å². The van der Waals surface area contributed by atoms with E-state index in [-0.39, 0.29) is 5.91 Å². The van der Waals surface area contributed by atoms with E-state index < -0.39 is 24.1 Å². The molecule has 0 radical (unpaired) electrons. The van der Waals surface area contributed by atoms with Gasteiger partial charge in [0.1, 0.15) is 12.1 Å². The molecule has 8 nitrogen and oxygen atoms in total. The van der Waals surface area contributed by atoms with Gasteiger partial charge >= 0.3 is 12.0 Å². The van der Waals surface area contributed by atoms with Gasteiger partial charge in [0, 0.05) is 13.7 Å². The third kappa shape index (κ3) is 9.14. The minimum atomic E-state index is -1.10. The molecule has 0 aromatic carbocycles. The van der Waals surface area contributed by atoms with E-state index in [4.69, 9.17) is 9.84 Å². The molecule has 3 amide bonds. The Bertz CT molecular complexity index is 354. The molecule has 0 aliphatic rings. The van der Waals surface area contributed by atoms with Crippen LogP contribution in [-0.4, -0.2) is 67.4 Å². The molecule has 0 aromatic rings. The average Bonchev–Trinajstić information content (AvgIpc) is 2.43. The maximum absolute atomic E-state index is 11.7. The molecule has 0 saturated carbocycles. The predicted molar refractivity (Wildman–Crippen MR) is 80.4 cm³/mol. The summed E-state index contributed by atoms with van der Waals surface area (Å²) in [5, 5.41) is 16.3. The molecule has 2 atom stereocenters. The Morgan fingerprint density at radius 2 is 1.95 bits per heavy atom. The first-order valence-corrected chi connectivity index (χ1v) is 7.87. The van der Waals surface area contributed by atoms with Crippen LogP contribution in [0, 0.1) is 0 Å². The van der Waals surface area contributed by atoms with E-state index in [1.54, 1.807) is 0 Å². The van der Waals surface area contributed by atoms with Gasteiger partial charge in [-0.1, -0.05) is 0 Å². The van der Waals surface area contributed by atoms with Crippen LogP contribution < -0.4 is 16.0 Å². The summed E-state index contributed by atoms with van der Waals surface area (Å²) < 4.78 is 4.79. The number of hydrogen-bond donors (Lipinski definition) is 4. The van der Waals surface area contributed by atoms with E-state index in [2.05, 4.69) is 16.0 Å². The molecule has 21 heavy (non-hydrogen) atoms. The van der Waals surface area contributed by atoms with Crippen molar-refractivity contribution in [2.75, 3.05) is 32.3 Å². The number of ether oxygens (including phenoxy) is 1. The highest BCUT2D eigenvalue weighted by Crippen LogP contribution is 2.01. The van der Waals surface area contributed by atoms with Crippen LogP contribution in [0.15, 0.2) is 0 Å². The van der Waals surface area contributed by atoms with Gasteiger partial charge < -0.3 is 25.8 Å². The minimum Gasteiger partial charge on any atom is -0.480 e. The van der Waals surface area contributed by atoms with E-state index in [1.165, 1.54) is 25.8 Å². The zero-order chi connectivity index (χ0) is 16.3. The molecule has 0 aromatic heterocycles. The van der Waals surface area contributed by atoms with E-state index in [0.29, 0.717) is 25.3 Å². The fourth-order valence-corrected chi connectivity index (χ4v) is 1.86. The number of rotatable bonds is 10.